The number of amides is 1. The molecular formula is C15H20N2O2. The molecule has 1 aromatic rings. The molecule has 1 amide bonds. The molecule has 1 heterocycles. The zero-order valence-corrected chi connectivity index (χ0v) is 11.2. The van der Waals surface area contributed by atoms with E-state index in [0.717, 1.165) is 24.2 Å². The Morgan fingerprint density at radius 2 is 2.21 bits per heavy atom. The minimum atomic E-state index is -0.415. The van der Waals surface area contributed by atoms with Crippen LogP contribution in [0.4, 0.5) is 0 Å². The summed E-state index contributed by atoms with van der Waals surface area (Å²) < 4.78 is 5.71. The van der Waals surface area contributed by atoms with Crippen LogP contribution < -0.4 is 15.8 Å². The van der Waals surface area contributed by atoms with Gasteiger partial charge in [0, 0.05) is 13.0 Å². The Labute approximate surface area is 113 Å². The molecular weight excluding hydrogens is 240 g/mol. The summed E-state index contributed by atoms with van der Waals surface area (Å²) >= 11 is 0. The fourth-order valence-corrected chi connectivity index (χ4v) is 2.73. The molecule has 4 heteroatoms. The number of ether oxygens (including phenoxy) is 1. The summed E-state index contributed by atoms with van der Waals surface area (Å²) in [6.45, 7) is 2.51. The molecule has 4 nitrogen and oxygen atoms in total. The van der Waals surface area contributed by atoms with Crippen LogP contribution in [0.25, 0.3) is 0 Å². The van der Waals surface area contributed by atoms with Gasteiger partial charge in [-0.05, 0) is 37.3 Å². The number of carbonyl (C=O) groups excluding carboxylic acids is 1. The van der Waals surface area contributed by atoms with Crippen molar-refractivity contribution in [2.45, 2.75) is 37.8 Å². The van der Waals surface area contributed by atoms with Gasteiger partial charge in [0.05, 0.1) is 5.54 Å². The highest BCUT2D eigenvalue weighted by molar-refractivity contribution is 5.83. The van der Waals surface area contributed by atoms with Crippen LogP contribution in [0.5, 0.6) is 5.75 Å². The van der Waals surface area contributed by atoms with Gasteiger partial charge in [-0.1, -0.05) is 18.2 Å². The lowest BCUT2D eigenvalue weighted by molar-refractivity contribution is -0.129. The van der Waals surface area contributed by atoms with Crippen molar-refractivity contribution in [1.29, 1.82) is 0 Å². The minimum absolute atomic E-state index is 0.0453. The van der Waals surface area contributed by atoms with Crippen LogP contribution in [0.1, 0.15) is 25.3 Å². The summed E-state index contributed by atoms with van der Waals surface area (Å²) in [5.41, 5.74) is 6.64. The van der Waals surface area contributed by atoms with Gasteiger partial charge < -0.3 is 15.8 Å². The molecule has 102 valence electrons. The first-order chi connectivity index (χ1) is 9.12. The van der Waals surface area contributed by atoms with E-state index in [1.54, 1.807) is 0 Å². The van der Waals surface area contributed by atoms with E-state index in [1.807, 2.05) is 31.2 Å². The van der Waals surface area contributed by atoms with E-state index in [2.05, 4.69) is 5.32 Å². The molecule has 0 aromatic heterocycles. The topological polar surface area (TPSA) is 64.3 Å². The quantitative estimate of drug-likeness (QED) is 0.856. The SMILES string of the molecule is CC(CN)(NC(=O)C1Cc2ccccc2O1)C1CC1. The molecule has 1 saturated carbocycles. The van der Waals surface area contributed by atoms with Crippen molar-refractivity contribution in [1.82, 2.24) is 5.32 Å². The van der Waals surface area contributed by atoms with Crippen LogP contribution >= 0.6 is 0 Å². The summed E-state index contributed by atoms with van der Waals surface area (Å²) in [4.78, 5) is 12.3. The van der Waals surface area contributed by atoms with Crippen LogP contribution in [0, 0.1) is 5.92 Å². The highest BCUT2D eigenvalue weighted by atomic mass is 16.5. The maximum atomic E-state index is 12.3. The first-order valence-electron chi connectivity index (χ1n) is 6.89. The number of hydrogen-bond donors (Lipinski definition) is 2. The largest absolute Gasteiger partial charge is 0.480 e. The number of nitrogens with one attached hydrogen (secondary N) is 1. The summed E-state index contributed by atoms with van der Waals surface area (Å²) in [5, 5.41) is 3.09. The zero-order valence-electron chi connectivity index (χ0n) is 11.2. The molecule has 0 spiro atoms. The van der Waals surface area contributed by atoms with E-state index in [1.165, 1.54) is 0 Å². The first-order valence-corrected chi connectivity index (χ1v) is 6.89. The van der Waals surface area contributed by atoms with E-state index >= 15 is 0 Å². The maximum Gasteiger partial charge on any atom is 0.261 e. The maximum absolute atomic E-state index is 12.3. The second-order valence-electron chi connectivity index (χ2n) is 5.80. The summed E-state index contributed by atoms with van der Waals surface area (Å²) in [7, 11) is 0. The van der Waals surface area contributed by atoms with Crippen molar-refractivity contribution in [2.24, 2.45) is 11.7 Å². The summed E-state index contributed by atoms with van der Waals surface area (Å²) in [6, 6.07) is 7.81. The molecule has 1 aliphatic heterocycles. The van der Waals surface area contributed by atoms with Crippen LogP contribution in [-0.4, -0.2) is 24.1 Å². The molecule has 1 aliphatic carbocycles. The Balaban J connectivity index is 1.66. The van der Waals surface area contributed by atoms with Gasteiger partial charge >= 0.3 is 0 Å². The Morgan fingerprint density at radius 1 is 1.47 bits per heavy atom. The Kier molecular flexibility index (Phi) is 2.97. The molecule has 3 rings (SSSR count). The van der Waals surface area contributed by atoms with Crippen molar-refractivity contribution >= 4 is 5.91 Å². The van der Waals surface area contributed by atoms with Gasteiger partial charge in [0.25, 0.3) is 5.91 Å². The van der Waals surface area contributed by atoms with Crippen molar-refractivity contribution in [3.63, 3.8) is 0 Å². The number of nitrogens with two attached hydrogens (primary N) is 1. The van der Waals surface area contributed by atoms with Gasteiger partial charge in [-0.25, -0.2) is 0 Å². The van der Waals surface area contributed by atoms with Crippen molar-refractivity contribution in [3.8, 4) is 5.75 Å². The number of fused-ring (bicyclic) bond motifs is 1. The molecule has 1 aromatic carbocycles. The van der Waals surface area contributed by atoms with Crippen molar-refractivity contribution < 1.29 is 9.53 Å². The molecule has 2 aliphatic rings. The standard InChI is InChI=1S/C15H20N2O2/c1-15(9-16,11-6-7-11)17-14(18)13-8-10-4-2-3-5-12(10)19-13/h2-5,11,13H,6-9,16H2,1H3,(H,17,18). The third kappa shape index (κ3) is 2.32. The van der Waals surface area contributed by atoms with E-state index < -0.39 is 6.10 Å². The van der Waals surface area contributed by atoms with Crippen LogP contribution in [0.15, 0.2) is 24.3 Å². The third-order valence-corrected chi connectivity index (χ3v) is 4.25. The molecule has 3 N–H and O–H groups in total. The van der Waals surface area contributed by atoms with Crippen molar-refractivity contribution in [3.05, 3.63) is 29.8 Å². The second-order valence-corrected chi connectivity index (χ2v) is 5.80. The van der Waals surface area contributed by atoms with E-state index in [-0.39, 0.29) is 11.4 Å². The first kappa shape index (κ1) is 12.5. The average Bonchev–Trinajstić information content (AvgIpc) is 3.18. The monoisotopic (exact) mass is 260 g/mol. The fourth-order valence-electron chi connectivity index (χ4n) is 2.73. The molecule has 0 radical (unpaired) electrons. The molecule has 2 unspecified atom stereocenters. The second kappa shape index (κ2) is 4.53. The van der Waals surface area contributed by atoms with Crippen LogP contribution in [-0.2, 0) is 11.2 Å². The van der Waals surface area contributed by atoms with E-state index in [4.69, 9.17) is 10.5 Å². The highest BCUT2D eigenvalue weighted by Crippen LogP contribution is 2.39. The highest BCUT2D eigenvalue weighted by Gasteiger charge is 2.43. The predicted octanol–water partition coefficient (Wildman–Crippen LogP) is 1.23. The smallest absolute Gasteiger partial charge is 0.261 e. The molecule has 0 bridgehead atoms. The lowest BCUT2D eigenvalue weighted by atomic mass is 9.95. The van der Waals surface area contributed by atoms with Crippen LogP contribution in [0.3, 0.4) is 0 Å². The van der Waals surface area contributed by atoms with Gasteiger partial charge in [-0.3, -0.25) is 4.79 Å². The Bertz CT molecular complexity index is 474. The summed E-state index contributed by atoms with van der Waals surface area (Å²) in [5.74, 6) is 1.30. The zero-order chi connectivity index (χ0) is 13.5. The number of carbonyl (C=O) groups is 1. The lowest BCUT2D eigenvalue weighted by Gasteiger charge is -2.30. The average molecular weight is 260 g/mol. The van der Waals surface area contributed by atoms with Gasteiger partial charge in [-0.2, -0.15) is 0 Å². The fraction of sp³-hybridized carbons (Fsp3) is 0.533. The predicted molar refractivity (Wildman–Crippen MR) is 72.9 cm³/mol. The lowest BCUT2D eigenvalue weighted by Crippen LogP contribution is -2.56. The third-order valence-electron chi connectivity index (χ3n) is 4.25. The molecule has 1 fully saturated rings. The number of para-hydroxylation sites is 1. The normalized spacial score (nSPS) is 24.2. The number of rotatable bonds is 4. The van der Waals surface area contributed by atoms with Crippen molar-refractivity contribution in [2.75, 3.05) is 6.54 Å². The molecule has 2 atom stereocenters. The van der Waals surface area contributed by atoms with Gasteiger partial charge in [-0.15, -0.1) is 0 Å². The van der Waals surface area contributed by atoms with Gasteiger partial charge in [0.1, 0.15) is 5.75 Å². The Morgan fingerprint density at radius 3 is 2.84 bits per heavy atom. The number of benzene rings is 1. The summed E-state index contributed by atoms with van der Waals surface area (Å²) in [6.07, 6.45) is 2.54. The van der Waals surface area contributed by atoms with E-state index in [9.17, 15) is 4.79 Å². The van der Waals surface area contributed by atoms with Gasteiger partial charge in [0.2, 0.25) is 0 Å². The van der Waals surface area contributed by atoms with E-state index in [0.29, 0.717) is 18.9 Å². The Hall–Kier alpha value is -1.55. The van der Waals surface area contributed by atoms with Crippen LogP contribution in [0.2, 0.25) is 0 Å². The number of hydrogen-bond acceptors (Lipinski definition) is 3. The minimum Gasteiger partial charge on any atom is -0.480 e. The molecule has 19 heavy (non-hydrogen) atoms. The molecule has 0 saturated heterocycles. The van der Waals surface area contributed by atoms with Gasteiger partial charge in [0.15, 0.2) is 6.10 Å².